The summed E-state index contributed by atoms with van der Waals surface area (Å²) < 4.78 is 5.66. The van der Waals surface area contributed by atoms with Crippen molar-refractivity contribution in [2.75, 3.05) is 7.11 Å². The van der Waals surface area contributed by atoms with Gasteiger partial charge < -0.3 is 10.5 Å². The van der Waals surface area contributed by atoms with Gasteiger partial charge in [-0.25, -0.2) is 0 Å². The van der Waals surface area contributed by atoms with Crippen LogP contribution in [0.3, 0.4) is 0 Å². The molecule has 2 nitrogen and oxygen atoms in total. The summed E-state index contributed by atoms with van der Waals surface area (Å²) in [7, 11) is 1.79. The van der Waals surface area contributed by atoms with Gasteiger partial charge in [-0.15, -0.1) is 0 Å². The Morgan fingerprint density at radius 3 is 2.71 bits per heavy atom. The summed E-state index contributed by atoms with van der Waals surface area (Å²) in [4.78, 5) is 0. The Bertz CT molecular complexity index is 365. The zero-order valence-corrected chi connectivity index (χ0v) is 10.9. The zero-order valence-electron chi connectivity index (χ0n) is 10.9. The Labute approximate surface area is 104 Å². The highest BCUT2D eigenvalue weighted by Gasteiger charge is 2.43. The molecule has 0 bridgehead atoms. The van der Waals surface area contributed by atoms with Crippen molar-refractivity contribution in [3.8, 4) is 0 Å². The van der Waals surface area contributed by atoms with Gasteiger partial charge in [0, 0.05) is 7.11 Å². The van der Waals surface area contributed by atoms with Crippen LogP contribution in [-0.2, 0) is 11.2 Å². The van der Waals surface area contributed by atoms with E-state index in [9.17, 15) is 0 Å². The van der Waals surface area contributed by atoms with E-state index in [1.54, 1.807) is 7.11 Å². The standard InChI is InChI=1S/C15H23NO/c1-3-6-12-7-4-8-13(11-12)14(16)15(17-2)9-5-10-15/h4,7-8,11,14H,3,5-6,9-10,16H2,1-2H3. The third kappa shape index (κ3) is 2.38. The molecule has 2 heteroatoms. The number of nitrogens with two attached hydrogens (primary N) is 1. The van der Waals surface area contributed by atoms with Gasteiger partial charge in [0.1, 0.15) is 0 Å². The summed E-state index contributed by atoms with van der Waals surface area (Å²) in [6.45, 7) is 2.20. The predicted octanol–water partition coefficient (Wildman–Crippen LogP) is 3.21. The van der Waals surface area contributed by atoms with Crippen molar-refractivity contribution in [1.82, 2.24) is 0 Å². The average molecular weight is 233 g/mol. The van der Waals surface area contributed by atoms with Crippen LogP contribution in [0.25, 0.3) is 0 Å². The number of hydrogen-bond donors (Lipinski definition) is 1. The molecule has 17 heavy (non-hydrogen) atoms. The molecule has 0 aliphatic heterocycles. The van der Waals surface area contributed by atoms with Crippen LogP contribution in [-0.4, -0.2) is 12.7 Å². The van der Waals surface area contributed by atoms with Crippen molar-refractivity contribution in [3.05, 3.63) is 35.4 Å². The lowest BCUT2D eigenvalue weighted by Crippen LogP contribution is -2.48. The largest absolute Gasteiger partial charge is 0.376 e. The highest BCUT2D eigenvalue weighted by atomic mass is 16.5. The van der Waals surface area contributed by atoms with Crippen LogP contribution in [0.4, 0.5) is 0 Å². The van der Waals surface area contributed by atoms with Gasteiger partial charge in [-0.3, -0.25) is 0 Å². The normalized spacial score (nSPS) is 19.7. The predicted molar refractivity (Wildman–Crippen MR) is 71.0 cm³/mol. The van der Waals surface area contributed by atoms with E-state index in [2.05, 4.69) is 31.2 Å². The fraction of sp³-hybridized carbons (Fsp3) is 0.600. The Hall–Kier alpha value is -0.860. The SMILES string of the molecule is CCCc1cccc(C(N)C2(OC)CCC2)c1. The van der Waals surface area contributed by atoms with Gasteiger partial charge in [0.25, 0.3) is 0 Å². The number of rotatable bonds is 5. The van der Waals surface area contributed by atoms with E-state index >= 15 is 0 Å². The van der Waals surface area contributed by atoms with Crippen LogP contribution >= 0.6 is 0 Å². The molecule has 2 rings (SSSR count). The Kier molecular flexibility index (Phi) is 3.85. The van der Waals surface area contributed by atoms with Crippen molar-refractivity contribution in [2.45, 2.75) is 50.7 Å². The molecule has 1 aliphatic rings. The van der Waals surface area contributed by atoms with Crippen molar-refractivity contribution in [1.29, 1.82) is 0 Å². The molecule has 0 saturated heterocycles. The minimum absolute atomic E-state index is 0.0121. The topological polar surface area (TPSA) is 35.2 Å². The van der Waals surface area contributed by atoms with Crippen LogP contribution in [0.5, 0.6) is 0 Å². The minimum Gasteiger partial charge on any atom is -0.376 e. The fourth-order valence-corrected chi connectivity index (χ4v) is 2.70. The number of aryl methyl sites for hydroxylation is 1. The van der Waals surface area contributed by atoms with Gasteiger partial charge >= 0.3 is 0 Å². The first-order chi connectivity index (χ1) is 8.22. The molecular formula is C15H23NO. The third-order valence-electron chi connectivity index (χ3n) is 4.02. The van der Waals surface area contributed by atoms with E-state index in [0.717, 1.165) is 19.3 Å². The van der Waals surface area contributed by atoms with E-state index < -0.39 is 0 Å². The number of ether oxygens (including phenoxy) is 1. The van der Waals surface area contributed by atoms with E-state index in [0.29, 0.717) is 0 Å². The van der Waals surface area contributed by atoms with Gasteiger partial charge in [0.2, 0.25) is 0 Å². The number of benzene rings is 1. The second-order valence-corrected chi connectivity index (χ2v) is 5.10. The molecule has 1 unspecified atom stereocenters. The molecule has 0 heterocycles. The zero-order chi connectivity index (χ0) is 12.3. The summed E-state index contributed by atoms with van der Waals surface area (Å²) in [6.07, 6.45) is 5.70. The number of methoxy groups -OCH3 is 1. The molecule has 94 valence electrons. The van der Waals surface area contributed by atoms with Gasteiger partial charge in [-0.1, -0.05) is 37.6 Å². The van der Waals surface area contributed by atoms with Gasteiger partial charge in [-0.2, -0.15) is 0 Å². The van der Waals surface area contributed by atoms with Gasteiger partial charge in [0.05, 0.1) is 11.6 Å². The van der Waals surface area contributed by atoms with Crippen LogP contribution in [0, 0.1) is 0 Å². The fourth-order valence-electron chi connectivity index (χ4n) is 2.70. The van der Waals surface area contributed by atoms with Gasteiger partial charge in [0.15, 0.2) is 0 Å². The molecule has 2 N–H and O–H groups in total. The van der Waals surface area contributed by atoms with E-state index in [1.165, 1.54) is 24.0 Å². The molecule has 1 fully saturated rings. The molecular weight excluding hydrogens is 210 g/mol. The highest BCUT2D eigenvalue weighted by molar-refractivity contribution is 5.28. The van der Waals surface area contributed by atoms with Crippen LogP contribution in [0.1, 0.15) is 49.8 Å². The van der Waals surface area contributed by atoms with Crippen molar-refractivity contribution >= 4 is 0 Å². The summed E-state index contributed by atoms with van der Waals surface area (Å²) in [5, 5.41) is 0. The van der Waals surface area contributed by atoms with Gasteiger partial charge in [-0.05, 0) is 36.8 Å². The molecule has 1 aromatic rings. The van der Waals surface area contributed by atoms with Crippen molar-refractivity contribution in [2.24, 2.45) is 5.73 Å². The molecule has 0 aromatic heterocycles. The van der Waals surface area contributed by atoms with E-state index in [1.807, 2.05) is 0 Å². The summed E-state index contributed by atoms with van der Waals surface area (Å²) >= 11 is 0. The number of hydrogen-bond acceptors (Lipinski definition) is 2. The maximum atomic E-state index is 6.39. The minimum atomic E-state index is -0.106. The van der Waals surface area contributed by atoms with E-state index in [-0.39, 0.29) is 11.6 Å². The maximum absolute atomic E-state index is 6.39. The second-order valence-electron chi connectivity index (χ2n) is 5.10. The van der Waals surface area contributed by atoms with Crippen molar-refractivity contribution < 1.29 is 4.74 Å². The maximum Gasteiger partial charge on any atom is 0.0870 e. The Morgan fingerprint density at radius 2 is 2.18 bits per heavy atom. The average Bonchev–Trinajstić information content (AvgIpc) is 2.29. The molecule has 0 radical (unpaired) electrons. The Morgan fingerprint density at radius 1 is 1.41 bits per heavy atom. The van der Waals surface area contributed by atoms with Crippen LogP contribution in [0.15, 0.2) is 24.3 Å². The smallest absolute Gasteiger partial charge is 0.0870 e. The molecule has 1 aromatic carbocycles. The van der Waals surface area contributed by atoms with Crippen LogP contribution in [0.2, 0.25) is 0 Å². The molecule has 1 atom stereocenters. The third-order valence-corrected chi connectivity index (χ3v) is 4.02. The quantitative estimate of drug-likeness (QED) is 0.847. The molecule has 1 aliphatic carbocycles. The van der Waals surface area contributed by atoms with Crippen molar-refractivity contribution in [3.63, 3.8) is 0 Å². The Balaban J connectivity index is 2.18. The van der Waals surface area contributed by atoms with E-state index in [4.69, 9.17) is 10.5 Å². The summed E-state index contributed by atoms with van der Waals surface area (Å²) in [5.41, 5.74) is 8.88. The second kappa shape index (κ2) is 5.19. The lowest BCUT2D eigenvalue weighted by atomic mass is 9.72. The lowest BCUT2D eigenvalue weighted by molar-refractivity contribution is -0.0911. The lowest BCUT2D eigenvalue weighted by Gasteiger charge is -2.45. The monoisotopic (exact) mass is 233 g/mol. The first kappa shape index (κ1) is 12.6. The molecule has 0 spiro atoms. The first-order valence-corrected chi connectivity index (χ1v) is 6.61. The molecule has 0 amide bonds. The summed E-state index contributed by atoms with van der Waals surface area (Å²) in [5.74, 6) is 0. The summed E-state index contributed by atoms with van der Waals surface area (Å²) in [6, 6.07) is 8.68. The highest BCUT2D eigenvalue weighted by Crippen LogP contribution is 2.43. The first-order valence-electron chi connectivity index (χ1n) is 6.61. The molecule has 1 saturated carbocycles. The van der Waals surface area contributed by atoms with Crippen LogP contribution < -0.4 is 5.73 Å².